The van der Waals surface area contributed by atoms with Crippen molar-refractivity contribution in [1.82, 2.24) is 0 Å². The number of hydrogen-bond donors (Lipinski definition) is 1. The first-order valence-electron chi connectivity index (χ1n) is 3.30. The number of carboxylic acids is 1. The molecule has 0 saturated heterocycles. The lowest BCUT2D eigenvalue weighted by molar-refractivity contribution is -0.136. The van der Waals surface area contributed by atoms with E-state index in [1.807, 2.05) is 0 Å². The van der Waals surface area contributed by atoms with Crippen molar-refractivity contribution in [2.45, 2.75) is 12.8 Å². The second kappa shape index (κ2) is 3.14. The highest BCUT2D eigenvalue weighted by molar-refractivity contribution is 5.93. The molecule has 1 N–H and O–H groups in total. The highest BCUT2D eigenvalue weighted by Crippen LogP contribution is 2.10. The third-order valence-electron chi connectivity index (χ3n) is 1.40. The monoisotopic (exact) mass is 152 g/mol. The number of carboxylic acid groups (broad SMARTS) is 1. The van der Waals surface area contributed by atoms with Gasteiger partial charge in [0.1, 0.15) is 0 Å². The van der Waals surface area contributed by atoms with E-state index in [-0.39, 0.29) is 12.2 Å². The first-order valence-corrected chi connectivity index (χ1v) is 3.30. The molecule has 3 nitrogen and oxygen atoms in total. The number of allylic oxidation sites excluding steroid dienone is 3. The second-order valence-corrected chi connectivity index (χ2v) is 2.35. The van der Waals surface area contributed by atoms with Crippen molar-refractivity contribution in [2.24, 2.45) is 0 Å². The zero-order chi connectivity index (χ0) is 8.27. The quantitative estimate of drug-likeness (QED) is 0.640. The molecule has 0 saturated carbocycles. The van der Waals surface area contributed by atoms with Crippen molar-refractivity contribution < 1.29 is 14.7 Å². The lowest BCUT2D eigenvalue weighted by atomic mass is 10.0. The lowest BCUT2D eigenvalue weighted by Gasteiger charge is -2.01. The van der Waals surface area contributed by atoms with E-state index in [9.17, 15) is 9.59 Å². The summed E-state index contributed by atoms with van der Waals surface area (Å²) in [5.74, 6) is -0.839. The molecule has 11 heavy (non-hydrogen) atoms. The van der Waals surface area contributed by atoms with Crippen molar-refractivity contribution >= 4 is 11.8 Å². The van der Waals surface area contributed by atoms with E-state index in [2.05, 4.69) is 0 Å². The number of ketones is 1. The van der Waals surface area contributed by atoms with Gasteiger partial charge >= 0.3 is 5.97 Å². The number of carbonyl (C=O) groups is 2. The van der Waals surface area contributed by atoms with Gasteiger partial charge in [-0.25, -0.2) is 0 Å². The Morgan fingerprint density at radius 3 is 2.73 bits per heavy atom. The van der Waals surface area contributed by atoms with E-state index < -0.39 is 5.97 Å². The summed E-state index contributed by atoms with van der Waals surface area (Å²) in [4.78, 5) is 20.8. The Morgan fingerprint density at radius 1 is 1.55 bits per heavy atom. The van der Waals surface area contributed by atoms with Crippen LogP contribution in [0.5, 0.6) is 0 Å². The first kappa shape index (κ1) is 7.72. The summed E-state index contributed by atoms with van der Waals surface area (Å²) in [7, 11) is 0. The van der Waals surface area contributed by atoms with Crippen molar-refractivity contribution in [3.63, 3.8) is 0 Å². The molecule has 0 aromatic heterocycles. The maximum absolute atomic E-state index is 10.6. The van der Waals surface area contributed by atoms with E-state index >= 15 is 0 Å². The third kappa shape index (κ3) is 2.37. The van der Waals surface area contributed by atoms with Crippen molar-refractivity contribution in [3.8, 4) is 0 Å². The van der Waals surface area contributed by atoms with E-state index in [4.69, 9.17) is 5.11 Å². The van der Waals surface area contributed by atoms with Crippen LogP contribution in [-0.2, 0) is 9.59 Å². The molecule has 0 bridgehead atoms. The minimum Gasteiger partial charge on any atom is -0.481 e. The van der Waals surface area contributed by atoms with Gasteiger partial charge < -0.3 is 5.11 Å². The van der Waals surface area contributed by atoms with Gasteiger partial charge in [-0.05, 0) is 11.6 Å². The largest absolute Gasteiger partial charge is 0.481 e. The maximum atomic E-state index is 10.6. The number of rotatable bonds is 2. The molecule has 0 unspecified atom stereocenters. The number of carbonyl (C=O) groups excluding carboxylic acids is 1. The average molecular weight is 152 g/mol. The minimum atomic E-state index is -0.866. The molecular formula is C8H8O3. The summed E-state index contributed by atoms with van der Waals surface area (Å²) in [6, 6.07) is 0. The molecule has 58 valence electrons. The van der Waals surface area contributed by atoms with Crippen LogP contribution in [0.15, 0.2) is 23.8 Å². The Bertz CT molecular complexity index is 248. The van der Waals surface area contributed by atoms with Crippen LogP contribution in [0, 0.1) is 0 Å². The van der Waals surface area contributed by atoms with Crippen LogP contribution >= 0.6 is 0 Å². The fourth-order valence-electron chi connectivity index (χ4n) is 0.873. The van der Waals surface area contributed by atoms with Gasteiger partial charge in [-0.1, -0.05) is 12.2 Å². The van der Waals surface area contributed by atoms with Gasteiger partial charge in [0.25, 0.3) is 0 Å². The second-order valence-electron chi connectivity index (χ2n) is 2.35. The average Bonchev–Trinajstić information content (AvgIpc) is 1.93. The van der Waals surface area contributed by atoms with E-state index in [1.165, 1.54) is 6.08 Å². The molecule has 3 heteroatoms. The summed E-state index contributed by atoms with van der Waals surface area (Å²) in [5, 5.41) is 8.37. The van der Waals surface area contributed by atoms with Gasteiger partial charge in [0, 0.05) is 6.42 Å². The van der Waals surface area contributed by atoms with Gasteiger partial charge in [-0.2, -0.15) is 0 Å². The van der Waals surface area contributed by atoms with Crippen LogP contribution in [0.4, 0.5) is 0 Å². The van der Waals surface area contributed by atoms with Crippen molar-refractivity contribution in [2.75, 3.05) is 0 Å². The molecule has 0 heterocycles. The summed E-state index contributed by atoms with van der Waals surface area (Å²) in [6.45, 7) is 0. The molecule has 1 rings (SSSR count). The molecule has 0 amide bonds. The van der Waals surface area contributed by atoms with Gasteiger partial charge in [0.15, 0.2) is 5.78 Å². The Labute approximate surface area is 64.0 Å². The summed E-state index contributed by atoms with van der Waals surface area (Å²) < 4.78 is 0. The number of hydrogen-bond acceptors (Lipinski definition) is 2. The Morgan fingerprint density at radius 2 is 2.27 bits per heavy atom. The molecule has 1 aliphatic carbocycles. The molecule has 0 aromatic rings. The lowest BCUT2D eigenvalue weighted by Crippen LogP contribution is -2.01. The summed E-state index contributed by atoms with van der Waals surface area (Å²) >= 11 is 0. The Hall–Kier alpha value is -1.38. The van der Waals surface area contributed by atoms with Crippen LogP contribution in [0.25, 0.3) is 0 Å². The zero-order valence-corrected chi connectivity index (χ0v) is 5.91. The zero-order valence-electron chi connectivity index (χ0n) is 5.91. The SMILES string of the molecule is O=C(O)CC1=CCC(=O)C=C1. The van der Waals surface area contributed by atoms with Crippen molar-refractivity contribution in [3.05, 3.63) is 23.8 Å². The van der Waals surface area contributed by atoms with Crippen LogP contribution in [-0.4, -0.2) is 16.9 Å². The van der Waals surface area contributed by atoms with Gasteiger partial charge in [-0.3, -0.25) is 9.59 Å². The summed E-state index contributed by atoms with van der Waals surface area (Å²) in [5.41, 5.74) is 0.706. The molecule has 0 atom stereocenters. The highest BCUT2D eigenvalue weighted by atomic mass is 16.4. The van der Waals surface area contributed by atoms with E-state index in [0.717, 1.165) is 0 Å². The Kier molecular flexibility index (Phi) is 2.21. The maximum Gasteiger partial charge on any atom is 0.307 e. The molecule has 0 aromatic carbocycles. The van der Waals surface area contributed by atoms with Gasteiger partial charge in [-0.15, -0.1) is 0 Å². The predicted octanol–water partition coefficient (Wildman–Crippen LogP) is 0.916. The van der Waals surface area contributed by atoms with Crippen LogP contribution in [0.1, 0.15) is 12.8 Å². The highest BCUT2D eigenvalue weighted by Gasteiger charge is 2.05. The van der Waals surface area contributed by atoms with E-state index in [1.54, 1.807) is 12.2 Å². The predicted molar refractivity (Wildman–Crippen MR) is 39.1 cm³/mol. The summed E-state index contributed by atoms with van der Waals surface area (Å²) in [6.07, 6.45) is 4.96. The smallest absolute Gasteiger partial charge is 0.307 e. The fraction of sp³-hybridized carbons (Fsp3) is 0.250. The molecular weight excluding hydrogens is 144 g/mol. The van der Waals surface area contributed by atoms with Crippen molar-refractivity contribution in [1.29, 1.82) is 0 Å². The normalized spacial score (nSPS) is 16.4. The van der Waals surface area contributed by atoms with Crippen LogP contribution < -0.4 is 0 Å². The minimum absolute atomic E-state index is 0.00375. The molecule has 0 fully saturated rings. The first-order chi connectivity index (χ1) is 5.18. The molecule has 0 radical (unpaired) electrons. The third-order valence-corrected chi connectivity index (χ3v) is 1.40. The fourth-order valence-corrected chi connectivity index (χ4v) is 0.873. The van der Waals surface area contributed by atoms with Crippen LogP contribution in [0.3, 0.4) is 0 Å². The van der Waals surface area contributed by atoms with Gasteiger partial charge in [0.2, 0.25) is 0 Å². The van der Waals surface area contributed by atoms with Crippen LogP contribution in [0.2, 0.25) is 0 Å². The standard InChI is InChI=1S/C8H8O3/c9-7-3-1-6(2-4-7)5-8(10)11/h1-3H,4-5H2,(H,10,11). The molecule has 0 aliphatic heterocycles. The molecule has 1 aliphatic rings. The van der Waals surface area contributed by atoms with Gasteiger partial charge in [0.05, 0.1) is 6.42 Å². The topological polar surface area (TPSA) is 54.4 Å². The number of aliphatic carboxylic acids is 1. The van der Waals surface area contributed by atoms with E-state index in [0.29, 0.717) is 12.0 Å². The molecule has 0 spiro atoms. The Balaban J connectivity index is 2.56.